The van der Waals surface area contributed by atoms with Gasteiger partial charge < -0.3 is 10.4 Å². The Morgan fingerprint density at radius 2 is 1.74 bits per heavy atom. The number of benzene rings is 2. The molecule has 23 heavy (non-hydrogen) atoms. The zero-order valence-corrected chi connectivity index (χ0v) is 12.3. The quantitative estimate of drug-likeness (QED) is 0.890. The van der Waals surface area contributed by atoms with Crippen LogP contribution in [0.3, 0.4) is 0 Å². The normalized spacial score (nSPS) is 11.8. The lowest BCUT2D eigenvalue weighted by Gasteiger charge is -2.15. The summed E-state index contributed by atoms with van der Waals surface area (Å²) in [7, 11) is 0. The van der Waals surface area contributed by atoms with Gasteiger partial charge >= 0.3 is 5.97 Å². The minimum absolute atomic E-state index is 0.0883. The third-order valence-corrected chi connectivity index (χ3v) is 3.35. The number of hydrogen-bond donors (Lipinski definition) is 2. The lowest BCUT2D eigenvalue weighted by molar-refractivity contribution is -0.139. The van der Waals surface area contributed by atoms with Gasteiger partial charge in [0.15, 0.2) is 11.6 Å². The summed E-state index contributed by atoms with van der Waals surface area (Å²) in [6.07, 6.45) is 0.0883. The lowest BCUT2D eigenvalue weighted by Crippen LogP contribution is -2.42. The van der Waals surface area contributed by atoms with Crippen molar-refractivity contribution in [2.75, 3.05) is 0 Å². The molecule has 0 aromatic heterocycles. The monoisotopic (exact) mass is 319 g/mol. The van der Waals surface area contributed by atoms with E-state index < -0.39 is 29.6 Å². The molecule has 0 unspecified atom stereocenters. The summed E-state index contributed by atoms with van der Waals surface area (Å²) in [6.45, 7) is 1.91. The van der Waals surface area contributed by atoms with Gasteiger partial charge in [0.2, 0.25) is 0 Å². The topological polar surface area (TPSA) is 66.4 Å². The van der Waals surface area contributed by atoms with Gasteiger partial charge in [-0.1, -0.05) is 29.8 Å². The molecule has 0 fully saturated rings. The van der Waals surface area contributed by atoms with Crippen LogP contribution in [-0.4, -0.2) is 23.0 Å². The predicted molar refractivity (Wildman–Crippen MR) is 80.1 cm³/mol. The zero-order valence-electron chi connectivity index (χ0n) is 12.3. The summed E-state index contributed by atoms with van der Waals surface area (Å²) in [6, 6.07) is 8.70. The number of rotatable bonds is 5. The molecule has 2 aromatic carbocycles. The van der Waals surface area contributed by atoms with E-state index in [1.165, 1.54) is 0 Å². The molecule has 0 aliphatic heterocycles. The van der Waals surface area contributed by atoms with Crippen LogP contribution in [-0.2, 0) is 11.2 Å². The number of carbonyl (C=O) groups is 2. The van der Waals surface area contributed by atoms with Crippen molar-refractivity contribution in [2.45, 2.75) is 19.4 Å². The first-order valence-electron chi connectivity index (χ1n) is 6.91. The Labute approximate surface area is 131 Å². The number of amides is 1. The standard InChI is InChI=1S/C17H15F2NO3/c1-10-2-4-11(5-3-10)8-15(17(22)23)20-16(21)12-6-7-13(18)14(19)9-12/h2-7,9,15H,8H2,1H3,(H,20,21)(H,22,23)/t15-/m0/s1. The molecule has 4 nitrogen and oxygen atoms in total. The smallest absolute Gasteiger partial charge is 0.326 e. The number of hydrogen-bond acceptors (Lipinski definition) is 2. The summed E-state index contributed by atoms with van der Waals surface area (Å²) < 4.78 is 26.0. The maximum absolute atomic E-state index is 13.1. The van der Waals surface area contributed by atoms with Crippen molar-refractivity contribution < 1.29 is 23.5 Å². The fourth-order valence-corrected chi connectivity index (χ4v) is 2.04. The average molecular weight is 319 g/mol. The van der Waals surface area contributed by atoms with Crippen molar-refractivity contribution in [1.82, 2.24) is 5.32 Å². The van der Waals surface area contributed by atoms with Gasteiger partial charge in [-0.15, -0.1) is 0 Å². The number of carboxylic acid groups (broad SMARTS) is 1. The molecule has 0 saturated carbocycles. The van der Waals surface area contributed by atoms with Crippen LogP contribution < -0.4 is 5.32 Å². The minimum atomic E-state index is -1.21. The summed E-state index contributed by atoms with van der Waals surface area (Å²) in [5.74, 6) is -4.22. The molecule has 0 aliphatic rings. The van der Waals surface area contributed by atoms with Crippen molar-refractivity contribution in [3.8, 4) is 0 Å². The Morgan fingerprint density at radius 3 is 2.30 bits per heavy atom. The lowest BCUT2D eigenvalue weighted by atomic mass is 10.0. The molecular formula is C17H15F2NO3. The summed E-state index contributed by atoms with van der Waals surface area (Å²) >= 11 is 0. The molecule has 2 aromatic rings. The molecule has 1 amide bonds. The molecule has 0 bridgehead atoms. The third kappa shape index (κ3) is 4.35. The fourth-order valence-electron chi connectivity index (χ4n) is 2.04. The minimum Gasteiger partial charge on any atom is -0.480 e. The fraction of sp³-hybridized carbons (Fsp3) is 0.176. The van der Waals surface area contributed by atoms with E-state index in [0.717, 1.165) is 29.3 Å². The van der Waals surface area contributed by atoms with Gasteiger partial charge in [-0.25, -0.2) is 13.6 Å². The molecule has 1 atom stereocenters. The predicted octanol–water partition coefficient (Wildman–Crippen LogP) is 2.70. The molecule has 2 N–H and O–H groups in total. The van der Waals surface area contributed by atoms with Crippen molar-refractivity contribution in [1.29, 1.82) is 0 Å². The first-order valence-corrected chi connectivity index (χ1v) is 6.91. The molecule has 6 heteroatoms. The molecule has 0 aliphatic carbocycles. The van der Waals surface area contributed by atoms with E-state index in [1.807, 2.05) is 19.1 Å². The maximum atomic E-state index is 13.1. The molecule has 0 spiro atoms. The van der Waals surface area contributed by atoms with Gasteiger partial charge in [0.25, 0.3) is 5.91 Å². The van der Waals surface area contributed by atoms with Crippen LogP contribution in [0.5, 0.6) is 0 Å². The number of carbonyl (C=O) groups excluding carboxylic acids is 1. The summed E-state index contributed by atoms with van der Waals surface area (Å²) in [4.78, 5) is 23.3. The first-order chi connectivity index (χ1) is 10.9. The van der Waals surface area contributed by atoms with Gasteiger partial charge in [0.05, 0.1) is 0 Å². The Morgan fingerprint density at radius 1 is 1.09 bits per heavy atom. The van der Waals surface area contributed by atoms with Gasteiger partial charge in [0, 0.05) is 12.0 Å². The molecule has 0 heterocycles. The van der Waals surface area contributed by atoms with Crippen molar-refractivity contribution in [3.63, 3.8) is 0 Å². The second kappa shape index (κ2) is 7.00. The van der Waals surface area contributed by atoms with Crippen LogP contribution >= 0.6 is 0 Å². The molecule has 2 rings (SSSR count). The number of aliphatic carboxylic acids is 1. The van der Waals surface area contributed by atoms with E-state index in [9.17, 15) is 23.5 Å². The number of carboxylic acids is 1. The Balaban J connectivity index is 2.12. The van der Waals surface area contributed by atoms with E-state index in [4.69, 9.17) is 0 Å². The summed E-state index contributed by atoms with van der Waals surface area (Å²) in [5, 5.41) is 11.5. The Kier molecular flexibility index (Phi) is 5.05. The molecule has 0 radical (unpaired) electrons. The van der Waals surface area contributed by atoms with Crippen LogP contribution in [0.2, 0.25) is 0 Å². The Hall–Kier alpha value is -2.76. The van der Waals surface area contributed by atoms with Gasteiger partial charge in [-0.3, -0.25) is 4.79 Å². The average Bonchev–Trinajstić information content (AvgIpc) is 2.51. The highest BCUT2D eigenvalue weighted by Gasteiger charge is 2.21. The van der Waals surface area contributed by atoms with Gasteiger partial charge in [0.1, 0.15) is 6.04 Å². The van der Waals surface area contributed by atoms with Crippen molar-refractivity contribution >= 4 is 11.9 Å². The summed E-state index contributed by atoms with van der Waals surface area (Å²) in [5.41, 5.74) is 1.64. The highest BCUT2D eigenvalue weighted by molar-refractivity contribution is 5.96. The number of aryl methyl sites for hydroxylation is 1. The first kappa shape index (κ1) is 16.6. The highest BCUT2D eigenvalue weighted by atomic mass is 19.2. The number of nitrogens with one attached hydrogen (secondary N) is 1. The largest absolute Gasteiger partial charge is 0.480 e. The second-order valence-electron chi connectivity index (χ2n) is 5.18. The van der Waals surface area contributed by atoms with Gasteiger partial charge in [-0.05, 0) is 30.7 Å². The third-order valence-electron chi connectivity index (χ3n) is 3.35. The second-order valence-corrected chi connectivity index (χ2v) is 5.18. The molecular weight excluding hydrogens is 304 g/mol. The van der Waals surface area contributed by atoms with Crippen LogP contribution in [0.25, 0.3) is 0 Å². The van der Waals surface area contributed by atoms with Crippen LogP contribution in [0, 0.1) is 18.6 Å². The maximum Gasteiger partial charge on any atom is 0.326 e. The van der Waals surface area contributed by atoms with E-state index in [-0.39, 0.29) is 12.0 Å². The van der Waals surface area contributed by atoms with Crippen LogP contribution in [0.15, 0.2) is 42.5 Å². The SMILES string of the molecule is Cc1ccc(C[C@H](NC(=O)c2ccc(F)c(F)c2)C(=O)O)cc1. The number of halogens is 2. The van der Waals surface area contributed by atoms with E-state index in [0.29, 0.717) is 0 Å². The van der Waals surface area contributed by atoms with Crippen LogP contribution in [0.1, 0.15) is 21.5 Å². The van der Waals surface area contributed by atoms with Crippen molar-refractivity contribution in [3.05, 3.63) is 70.8 Å². The van der Waals surface area contributed by atoms with E-state index >= 15 is 0 Å². The van der Waals surface area contributed by atoms with Crippen molar-refractivity contribution in [2.24, 2.45) is 0 Å². The van der Waals surface area contributed by atoms with Gasteiger partial charge in [-0.2, -0.15) is 0 Å². The molecule has 120 valence electrons. The Bertz CT molecular complexity index is 729. The molecule has 0 saturated heterocycles. The van der Waals surface area contributed by atoms with Crippen LogP contribution in [0.4, 0.5) is 8.78 Å². The van der Waals surface area contributed by atoms with E-state index in [2.05, 4.69) is 5.32 Å². The highest BCUT2D eigenvalue weighted by Crippen LogP contribution is 2.10. The zero-order chi connectivity index (χ0) is 17.0. The van der Waals surface area contributed by atoms with E-state index in [1.54, 1.807) is 12.1 Å².